The van der Waals surface area contributed by atoms with Gasteiger partial charge >= 0.3 is 0 Å². The third-order valence-electron chi connectivity index (χ3n) is 3.13. The van der Waals surface area contributed by atoms with Crippen molar-refractivity contribution < 1.29 is 4.74 Å². The molecule has 0 bridgehead atoms. The lowest BCUT2D eigenvalue weighted by Crippen LogP contribution is -1.96. The monoisotopic (exact) mass is 318 g/mol. The molecule has 0 radical (unpaired) electrons. The van der Waals surface area contributed by atoms with Gasteiger partial charge in [-0.15, -0.1) is 0 Å². The molecule has 0 atom stereocenters. The number of para-hydroxylation sites is 1. The molecule has 2 heteroatoms. The molecular formula is C17H19BrO. The van der Waals surface area contributed by atoms with Crippen LogP contribution in [0.5, 0.6) is 11.5 Å². The van der Waals surface area contributed by atoms with E-state index in [9.17, 15) is 0 Å². The van der Waals surface area contributed by atoms with Crippen LogP contribution in [0.4, 0.5) is 0 Å². The summed E-state index contributed by atoms with van der Waals surface area (Å²) in [5.74, 6) is 2.34. The van der Waals surface area contributed by atoms with Crippen LogP contribution in [0, 0.1) is 6.92 Å². The molecule has 0 spiro atoms. The zero-order valence-electron chi connectivity index (χ0n) is 11.6. The van der Waals surface area contributed by atoms with Crippen LogP contribution in [0.3, 0.4) is 0 Å². The van der Waals surface area contributed by atoms with Gasteiger partial charge in [-0.2, -0.15) is 0 Å². The lowest BCUT2D eigenvalue weighted by molar-refractivity contribution is 0.469. The lowest BCUT2D eigenvalue weighted by atomic mass is 10.0. The van der Waals surface area contributed by atoms with Gasteiger partial charge in [0.25, 0.3) is 0 Å². The van der Waals surface area contributed by atoms with Gasteiger partial charge < -0.3 is 4.74 Å². The molecule has 0 unspecified atom stereocenters. The summed E-state index contributed by atoms with van der Waals surface area (Å²) < 4.78 is 6.14. The summed E-state index contributed by atoms with van der Waals surface area (Å²) in [6.07, 6.45) is 0. The summed E-state index contributed by atoms with van der Waals surface area (Å²) in [4.78, 5) is 0. The number of hydrogen-bond acceptors (Lipinski definition) is 1. The van der Waals surface area contributed by atoms with E-state index in [2.05, 4.69) is 61.0 Å². The summed E-state index contributed by atoms with van der Waals surface area (Å²) in [5, 5.41) is 0.798. The SMILES string of the molecule is Cc1ccc(C(C)C)c(Oc2ccccc2CBr)c1. The summed E-state index contributed by atoms with van der Waals surface area (Å²) >= 11 is 3.50. The van der Waals surface area contributed by atoms with E-state index in [4.69, 9.17) is 4.74 Å². The van der Waals surface area contributed by atoms with Gasteiger partial charge in [0.15, 0.2) is 0 Å². The van der Waals surface area contributed by atoms with Gasteiger partial charge in [-0.25, -0.2) is 0 Å². The van der Waals surface area contributed by atoms with Gasteiger partial charge in [0, 0.05) is 10.9 Å². The summed E-state index contributed by atoms with van der Waals surface area (Å²) in [6, 6.07) is 14.5. The Morgan fingerprint density at radius 3 is 2.47 bits per heavy atom. The molecule has 2 aromatic carbocycles. The summed E-state index contributed by atoms with van der Waals surface area (Å²) in [5.41, 5.74) is 3.63. The zero-order valence-corrected chi connectivity index (χ0v) is 13.2. The smallest absolute Gasteiger partial charge is 0.131 e. The first kappa shape index (κ1) is 14.1. The van der Waals surface area contributed by atoms with Crippen molar-refractivity contribution in [3.63, 3.8) is 0 Å². The molecule has 0 aliphatic carbocycles. The molecular weight excluding hydrogens is 300 g/mol. The Labute approximate surface area is 123 Å². The molecule has 0 fully saturated rings. The van der Waals surface area contributed by atoms with Crippen molar-refractivity contribution in [3.05, 3.63) is 59.2 Å². The lowest BCUT2D eigenvalue weighted by Gasteiger charge is -2.16. The maximum atomic E-state index is 6.14. The fourth-order valence-corrected chi connectivity index (χ4v) is 2.50. The highest BCUT2D eigenvalue weighted by Gasteiger charge is 2.10. The van der Waals surface area contributed by atoms with E-state index >= 15 is 0 Å². The minimum atomic E-state index is 0.451. The molecule has 2 aromatic rings. The van der Waals surface area contributed by atoms with E-state index in [1.165, 1.54) is 16.7 Å². The number of alkyl halides is 1. The summed E-state index contributed by atoms with van der Waals surface area (Å²) in [6.45, 7) is 6.47. The quantitative estimate of drug-likeness (QED) is 0.647. The average Bonchev–Trinajstić information content (AvgIpc) is 2.39. The number of rotatable bonds is 4. The predicted molar refractivity (Wildman–Crippen MR) is 84.4 cm³/mol. The van der Waals surface area contributed by atoms with Gasteiger partial charge in [-0.1, -0.05) is 60.1 Å². The molecule has 19 heavy (non-hydrogen) atoms. The van der Waals surface area contributed by atoms with Crippen LogP contribution in [0.1, 0.15) is 36.5 Å². The van der Waals surface area contributed by atoms with Crippen LogP contribution in [0.15, 0.2) is 42.5 Å². The second kappa shape index (κ2) is 6.25. The molecule has 1 nitrogen and oxygen atoms in total. The highest BCUT2D eigenvalue weighted by atomic mass is 79.9. The normalized spacial score (nSPS) is 10.8. The zero-order chi connectivity index (χ0) is 13.8. The van der Waals surface area contributed by atoms with E-state index in [-0.39, 0.29) is 0 Å². The van der Waals surface area contributed by atoms with E-state index < -0.39 is 0 Å². The number of halogens is 1. The largest absolute Gasteiger partial charge is 0.457 e. The van der Waals surface area contributed by atoms with Gasteiger partial charge in [0.1, 0.15) is 11.5 Å². The Balaban J connectivity index is 2.39. The van der Waals surface area contributed by atoms with Gasteiger partial charge in [-0.05, 0) is 36.1 Å². The Morgan fingerprint density at radius 1 is 1.05 bits per heavy atom. The van der Waals surface area contributed by atoms with E-state index in [1.807, 2.05) is 18.2 Å². The molecule has 0 aliphatic rings. The molecule has 0 aromatic heterocycles. The molecule has 2 rings (SSSR count). The molecule has 0 heterocycles. The van der Waals surface area contributed by atoms with Crippen molar-refractivity contribution >= 4 is 15.9 Å². The standard InChI is InChI=1S/C17H19BrO/c1-12(2)15-9-8-13(3)10-17(15)19-16-7-5-4-6-14(16)11-18/h4-10,12H,11H2,1-3H3. The highest BCUT2D eigenvalue weighted by molar-refractivity contribution is 9.08. The predicted octanol–water partition coefficient (Wildman–Crippen LogP) is 5.81. The first-order valence-corrected chi connectivity index (χ1v) is 7.66. The van der Waals surface area contributed by atoms with Crippen LogP contribution < -0.4 is 4.74 Å². The number of benzene rings is 2. The Morgan fingerprint density at radius 2 is 1.79 bits per heavy atom. The van der Waals surface area contributed by atoms with Crippen LogP contribution in [0.2, 0.25) is 0 Å². The van der Waals surface area contributed by atoms with E-state index in [0.717, 1.165) is 16.8 Å². The van der Waals surface area contributed by atoms with E-state index in [0.29, 0.717) is 5.92 Å². The average molecular weight is 319 g/mol. The third kappa shape index (κ3) is 3.38. The molecule has 0 N–H and O–H groups in total. The van der Waals surface area contributed by atoms with Crippen molar-refractivity contribution in [1.82, 2.24) is 0 Å². The minimum absolute atomic E-state index is 0.451. The van der Waals surface area contributed by atoms with Crippen LogP contribution in [-0.4, -0.2) is 0 Å². The number of ether oxygens (including phenoxy) is 1. The Bertz CT molecular complexity index is 561. The molecule has 0 saturated carbocycles. The molecule has 0 aliphatic heterocycles. The fourth-order valence-electron chi connectivity index (χ4n) is 2.04. The molecule has 100 valence electrons. The Kier molecular flexibility index (Phi) is 4.65. The van der Waals surface area contributed by atoms with Crippen LogP contribution in [-0.2, 0) is 5.33 Å². The van der Waals surface area contributed by atoms with Crippen molar-refractivity contribution in [2.24, 2.45) is 0 Å². The first-order valence-electron chi connectivity index (χ1n) is 6.54. The van der Waals surface area contributed by atoms with Crippen molar-refractivity contribution in [3.8, 4) is 11.5 Å². The Hall–Kier alpha value is -1.28. The third-order valence-corrected chi connectivity index (χ3v) is 3.73. The van der Waals surface area contributed by atoms with Crippen molar-refractivity contribution in [2.75, 3.05) is 0 Å². The first-order chi connectivity index (χ1) is 9.11. The van der Waals surface area contributed by atoms with E-state index in [1.54, 1.807) is 0 Å². The van der Waals surface area contributed by atoms with Crippen molar-refractivity contribution in [1.29, 1.82) is 0 Å². The fraction of sp³-hybridized carbons (Fsp3) is 0.294. The maximum Gasteiger partial charge on any atom is 0.131 e. The highest BCUT2D eigenvalue weighted by Crippen LogP contribution is 2.33. The summed E-state index contributed by atoms with van der Waals surface area (Å²) in [7, 11) is 0. The van der Waals surface area contributed by atoms with Crippen LogP contribution in [0.25, 0.3) is 0 Å². The number of aryl methyl sites for hydroxylation is 1. The number of hydrogen-bond donors (Lipinski definition) is 0. The minimum Gasteiger partial charge on any atom is -0.457 e. The van der Waals surface area contributed by atoms with Crippen LogP contribution >= 0.6 is 15.9 Å². The van der Waals surface area contributed by atoms with Crippen molar-refractivity contribution in [2.45, 2.75) is 32.0 Å². The van der Waals surface area contributed by atoms with Gasteiger partial charge in [0.2, 0.25) is 0 Å². The van der Waals surface area contributed by atoms with Gasteiger partial charge in [0.05, 0.1) is 0 Å². The molecule has 0 amide bonds. The second-order valence-electron chi connectivity index (χ2n) is 5.04. The van der Waals surface area contributed by atoms with Gasteiger partial charge in [-0.3, -0.25) is 0 Å². The maximum absolute atomic E-state index is 6.14. The topological polar surface area (TPSA) is 9.23 Å². The molecule has 0 saturated heterocycles. The second-order valence-corrected chi connectivity index (χ2v) is 5.60.